The Labute approximate surface area is 126 Å². The standard InChI is InChI=1S/C15H14N4O3/c1-10(12-3-2-4-14(9-12)19(21)22)17-18-15(20)11-5-7-13(16)8-6-11/h2-9H,16H2,1H3,(H,18,20)/b17-10-. The van der Waals surface area contributed by atoms with Crippen LogP contribution in [-0.2, 0) is 0 Å². The molecule has 0 fully saturated rings. The molecule has 1 amide bonds. The first-order chi connectivity index (χ1) is 10.5. The zero-order valence-electron chi connectivity index (χ0n) is 11.8. The fourth-order valence-corrected chi connectivity index (χ4v) is 1.74. The topological polar surface area (TPSA) is 111 Å². The van der Waals surface area contributed by atoms with Crippen LogP contribution in [0.1, 0.15) is 22.8 Å². The normalized spacial score (nSPS) is 11.0. The van der Waals surface area contributed by atoms with E-state index >= 15 is 0 Å². The summed E-state index contributed by atoms with van der Waals surface area (Å²) in [5, 5.41) is 14.7. The predicted molar refractivity (Wildman–Crippen MR) is 83.6 cm³/mol. The van der Waals surface area contributed by atoms with Gasteiger partial charge in [-0.3, -0.25) is 14.9 Å². The number of anilines is 1. The lowest BCUT2D eigenvalue weighted by atomic mass is 10.1. The number of nitrogens with zero attached hydrogens (tertiary/aromatic N) is 2. The zero-order chi connectivity index (χ0) is 16.1. The van der Waals surface area contributed by atoms with Crippen molar-refractivity contribution in [1.29, 1.82) is 0 Å². The van der Waals surface area contributed by atoms with Crippen LogP contribution in [0.15, 0.2) is 53.6 Å². The van der Waals surface area contributed by atoms with E-state index in [1.54, 1.807) is 43.3 Å². The van der Waals surface area contributed by atoms with Gasteiger partial charge in [0.1, 0.15) is 0 Å². The van der Waals surface area contributed by atoms with Gasteiger partial charge in [-0.1, -0.05) is 12.1 Å². The first kappa shape index (κ1) is 15.2. The van der Waals surface area contributed by atoms with Gasteiger partial charge in [0.15, 0.2) is 0 Å². The second kappa shape index (κ2) is 6.49. The number of non-ortho nitro benzene ring substituents is 1. The first-order valence-corrected chi connectivity index (χ1v) is 6.42. The monoisotopic (exact) mass is 298 g/mol. The van der Waals surface area contributed by atoms with Crippen LogP contribution in [0.2, 0.25) is 0 Å². The van der Waals surface area contributed by atoms with E-state index in [9.17, 15) is 14.9 Å². The van der Waals surface area contributed by atoms with E-state index in [1.165, 1.54) is 12.1 Å². The number of hydrogen-bond donors (Lipinski definition) is 2. The van der Waals surface area contributed by atoms with Gasteiger partial charge < -0.3 is 5.73 Å². The molecule has 0 aliphatic rings. The van der Waals surface area contributed by atoms with Crippen LogP contribution in [0, 0.1) is 10.1 Å². The molecular weight excluding hydrogens is 284 g/mol. The van der Waals surface area contributed by atoms with Crippen molar-refractivity contribution in [2.75, 3.05) is 5.73 Å². The Hall–Kier alpha value is -3.22. The Balaban J connectivity index is 2.12. The molecule has 0 saturated carbocycles. The Kier molecular flexibility index (Phi) is 4.47. The molecule has 0 aliphatic carbocycles. The number of benzene rings is 2. The number of hydrogen-bond acceptors (Lipinski definition) is 5. The third kappa shape index (κ3) is 3.66. The van der Waals surface area contributed by atoms with Crippen molar-refractivity contribution >= 4 is 23.0 Å². The zero-order valence-corrected chi connectivity index (χ0v) is 11.8. The molecule has 2 aromatic rings. The SMILES string of the molecule is C/C(=N/NC(=O)c1ccc(N)cc1)c1cccc([N+](=O)[O-])c1. The van der Waals surface area contributed by atoms with Crippen LogP contribution in [0.3, 0.4) is 0 Å². The Morgan fingerprint density at radius 2 is 1.86 bits per heavy atom. The molecule has 0 unspecified atom stereocenters. The van der Waals surface area contributed by atoms with Crippen molar-refractivity contribution in [2.24, 2.45) is 5.10 Å². The first-order valence-electron chi connectivity index (χ1n) is 6.42. The number of rotatable bonds is 4. The lowest BCUT2D eigenvalue weighted by Gasteiger charge is -2.03. The van der Waals surface area contributed by atoms with Gasteiger partial charge in [0.05, 0.1) is 10.6 Å². The summed E-state index contributed by atoms with van der Waals surface area (Å²) in [5.41, 5.74) is 9.93. The minimum atomic E-state index is -0.482. The molecule has 7 nitrogen and oxygen atoms in total. The number of nitro groups is 1. The fraction of sp³-hybridized carbons (Fsp3) is 0.0667. The number of nitro benzene ring substituents is 1. The maximum atomic E-state index is 11.9. The number of amides is 1. The Morgan fingerprint density at radius 1 is 1.18 bits per heavy atom. The van der Waals surface area contributed by atoms with Crippen LogP contribution in [0.25, 0.3) is 0 Å². The van der Waals surface area contributed by atoms with Crippen LogP contribution in [0.4, 0.5) is 11.4 Å². The van der Waals surface area contributed by atoms with Crippen LogP contribution < -0.4 is 11.2 Å². The number of nitrogens with one attached hydrogen (secondary N) is 1. The molecule has 112 valence electrons. The second-order valence-electron chi connectivity index (χ2n) is 4.57. The largest absolute Gasteiger partial charge is 0.399 e. The molecule has 0 bridgehead atoms. The number of nitrogen functional groups attached to an aromatic ring is 1. The maximum Gasteiger partial charge on any atom is 0.271 e. The average Bonchev–Trinajstić information content (AvgIpc) is 2.53. The van der Waals surface area contributed by atoms with E-state index in [0.717, 1.165) is 0 Å². The third-order valence-corrected chi connectivity index (χ3v) is 2.97. The second-order valence-corrected chi connectivity index (χ2v) is 4.57. The van der Waals surface area contributed by atoms with Gasteiger partial charge >= 0.3 is 0 Å². The van der Waals surface area contributed by atoms with Crippen molar-refractivity contribution in [3.63, 3.8) is 0 Å². The molecular formula is C15H14N4O3. The van der Waals surface area contributed by atoms with E-state index in [1.807, 2.05) is 0 Å². The smallest absolute Gasteiger partial charge is 0.271 e. The molecule has 22 heavy (non-hydrogen) atoms. The lowest BCUT2D eigenvalue weighted by molar-refractivity contribution is -0.384. The number of carbonyl (C=O) groups is 1. The van der Waals surface area contributed by atoms with E-state index in [-0.39, 0.29) is 11.6 Å². The number of nitrogens with two attached hydrogens (primary N) is 1. The van der Waals surface area contributed by atoms with Gasteiger partial charge in [-0.15, -0.1) is 0 Å². The molecule has 0 spiro atoms. The summed E-state index contributed by atoms with van der Waals surface area (Å²) < 4.78 is 0. The molecule has 0 atom stereocenters. The summed E-state index contributed by atoms with van der Waals surface area (Å²) in [7, 11) is 0. The molecule has 7 heteroatoms. The van der Waals surface area contributed by atoms with E-state index in [4.69, 9.17) is 5.73 Å². The quantitative estimate of drug-likeness (QED) is 0.390. The summed E-state index contributed by atoms with van der Waals surface area (Å²) in [6.07, 6.45) is 0. The van der Waals surface area contributed by atoms with Gasteiger partial charge in [-0.05, 0) is 31.2 Å². The highest BCUT2D eigenvalue weighted by Crippen LogP contribution is 2.13. The minimum Gasteiger partial charge on any atom is -0.399 e. The molecule has 0 aromatic heterocycles. The summed E-state index contributed by atoms with van der Waals surface area (Å²) in [4.78, 5) is 22.2. The molecule has 0 aliphatic heterocycles. The van der Waals surface area contributed by atoms with Crippen molar-refractivity contribution in [1.82, 2.24) is 5.43 Å². The van der Waals surface area contributed by atoms with Crippen molar-refractivity contribution in [3.05, 3.63) is 69.8 Å². The van der Waals surface area contributed by atoms with Gasteiger partial charge in [0.25, 0.3) is 11.6 Å². The average molecular weight is 298 g/mol. The highest BCUT2D eigenvalue weighted by Gasteiger charge is 2.08. The highest BCUT2D eigenvalue weighted by molar-refractivity contribution is 6.01. The number of carbonyl (C=O) groups excluding carboxylic acids is 1. The van der Waals surface area contributed by atoms with E-state index < -0.39 is 4.92 Å². The van der Waals surface area contributed by atoms with Gasteiger partial charge in [-0.25, -0.2) is 5.43 Å². The molecule has 0 saturated heterocycles. The maximum absolute atomic E-state index is 11.9. The summed E-state index contributed by atoms with van der Waals surface area (Å²) in [6.45, 7) is 1.66. The van der Waals surface area contributed by atoms with E-state index in [2.05, 4.69) is 10.5 Å². The van der Waals surface area contributed by atoms with Gasteiger partial charge in [0, 0.05) is 28.9 Å². The Morgan fingerprint density at radius 3 is 2.50 bits per heavy atom. The minimum absolute atomic E-state index is 0.0306. The molecule has 3 N–H and O–H groups in total. The lowest BCUT2D eigenvalue weighted by Crippen LogP contribution is -2.19. The van der Waals surface area contributed by atoms with Crippen molar-refractivity contribution in [2.45, 2.75) is 6.92 Å². The fourth-order valence-electron chi connectivity index (χ4n) is 1.74. The third-order valence-electron chi connectivity index (χ3n) is 2.97. The predicted octanol–water partition coefficient (Wildman–Crippen LogP) is 2.33. The molecule has 0 heterocycles. The van der Waals surface area contributed by atoms with Crippen LogP contribution in [-0.4, -0.2) is 16.5 Å². The summed E-state index contributed by atoms with van der Waals surface area (Å²) in [6, 6.07) is 12.4. The van der Waals surface area contributed by atoms with Crippen LogP contribution in [0.5, 0.6) is 0 Å². The summed E-state index contributed by atoms with van der Waals surface area (Å²) >= 11 is 0. The highest BCUT2D eigenvalue weighted by atomic mass is 16.6. The van der Waals surface area contributed by atoms with Crippen LogP contribution >= 0.6 is 0 Å². The molecule has 0 radical (unpaired) electrons. The van der Waals surface area contributed by atoms with Crippen molar-refractivity contribution < 1.29 is 9.72 Å². The van der Waals surface area contributed by atoms with Gasteiger partial charge in [0.2, 0.25) is 0 Å². The molecule has 2 aromatic carbocycles. The van der Waals surface area contributed by atoms with E-state index in [0.29, 0.717) is 22.5 Å². The number of hydrazone groups is 1. The Bertz CT molecular complexity index is 739. The summed E-state index contributed by atoms with van der Waals surface area (Å²) in [5.74, 6) is -0.384. The molecule has 2 rings (SSSR count). The van der Waals surface area contributed by atoms with Crippen molar-refractivity contribution in [3.8, 4) is 0 Å². The van der Waals surface area contributed by atoms with Gasteiger partial charge in [-0.2, -0.15) is 5.10 Å².